The molecule has 1 saturated heterocycles. The van der Waals surface area contributed by atoms with E-state index in [2.05, 4.69) is 15.5 Å². The Balaban J connectivity index is 1.33. The van der Waals surface area contributed by atoms with Crippen molar-refractivity contribution in [2.75, 3.05) is 43.5 Å². The third-order valence-electron chi connectivity index (χ3n) is 6.05. The van der Waals surface area contributed by atoms with Crippen LogP contribution in [0.4, 0.5) is 11.4 Å². The minimum Gasteiger partial charge on any atom is -0.497 e. The number of nitrogens with zero attached hydrogens (tertiary/aromatic N) is 2. The Morgan fingerprint density at radius 1 is 0.972 bits per heavy atom. The monoisotopic (exact) mass is 522 g/mol. The number of thiocarbonyl (C=S) groups is 1. The molecule has 2 amide bonds. The Labute approximate surface area is 221 Å². The van der Waals surface area contributed by atoms with Crippen molar-refractivity contribution in [2.24, 2.45) is 0 Å². The van der Waals surface area contributed by atoms with Crippen molar-refractivity contribution in [1.82, 2.24) is 10.2 Å². The molecule has 0 atom stereocenters. The van der Waals surface area contributed by atoms with Crippen LogP contribution in [0.25, 0.3) is 0 Å². The van der Waals surface area contributed by atoms with Crippen molar-refractivity contribution in [3.8, 4) is 5.75 Å². The molecule has 0 saturated carbocycles. The molecule has 0 radical (unpaired) electrons. The molecule has 36 heavy (non-hydrogen) atoms. The lowest BCUT2D eigenvalue weighted by Crippen LogP contribution is -2.49. The van der Waals surface area contributed by atoms with Gasteiger partial charge in [-0.1, -0.05) is 35.9 Å². The Morgan fingerprint density at radius 3 is 2.42 bits per heavy atom. The molecule has 0 spiro atoms. The average Bonchev–Trinajstić information content (AvgIpc) is 2.89. The van der Waals surface area contributed by atoms with Gasteiger partial charge in [0.25, 0.3) is 11.8 Å². The summed E-state index contributed by atoms with van der Waals surface area (Å²) < 4.78 is 5.16. The zero-order chi connectivity index (χ0) is 25.7. The molecule has 1 fully saturated rings. The van der Waals surface area contributed by atoms with Crippen LogP contribution < -0.4 is 20.3 Å². The molecule has 0 bridgehead atoms. The van der Waals surface area contributed by atoms with Gasteiger partial charge in [-0.05, 0) is 67.2 Å². The first kappa shape index (κ1) is 25.5. The summed E-state index contributed by atoms with van der Waals surface area (Å²) in [5.41, 5.74) is 3.71. The van der Waals surface area contributed by atoms with Crippen LogP contribution in [-0.2, 0) is 0 Å². The lowest BCUT2D eigenvalue weighted by Gasteiger charge is -2.36. The summed E-state index contributed by atoms with van der Waals surface area (Å²) in [6.45, 7) is 4.54. The lowest BCUT2D eigenvalue weighted by atomic mass is 10.1. The predicted octanol–water partition coefficient (Wildman–Crippen LogP) is 4.75. The summed E-state index contributed by atoms with van der Waals surface area (Å²) >= 11 is 11.9. The van der Waals surface area contributed by atoms with E-state index in [1.807, 2.05) is 48.2 Å². The fourth-order valence-electron chi connectivity index (χ4n) is 4.08. The standard InChI is InChI=1S/C27H27ClN4O3S/c1-18-6-3-4-9-22(18)26(34)32-14-12-31(13-15-32)24-11-10-20(17-23(24)28)29-27(36)30-25(33)19-7-5-8-21(16-19)35-2/h3-11,16-17H,12-15H2,1-2H3,(H2,29,30,33,36). The van der Waals surface area contributed by atoms with Crippen LogP contribution in [-0.4, -0.2) is 55.1 Å². The normalized spacial score (nSPS) is 13.2. The second-order valence-corrected chi connectivity index (χ2v) is 9.22. The SMILES string of the molecule is COc1cccc(C(=O)NC(=S)Nc2ccc(N3CCN(C(=O)c4ccccc4C)CC3)c(Cl)c2)c1. The number of anilines is 2. The number of aryl methyl sites for hydroxylation is 1. The van der Waals surface area contributed by atoms with Crippen molar-refractivity contribution >= 4 is 52.1 Å². The number of carbonyl (C=O) groups is 2. The zero-order valence-electron chi connectivity index (χ0n) is 20.1. The maximum absolute atomic E-state index is 12.9. The third kappa shape index (κ3) is 5.95. The minimum atomic E-state index is -0.341. The zero-order valence-corrected chi connectivity index (χ0v) is 21.7. The molecule has 9 heteroatoms. The lowest BCUT2D eigenvalue weighted by molar-refractivity contribution is 0.0746. The maximum Gasteiger partial charge on any atom is 0.257 e. The van der Waals surface area contributed by atoms with Gasteiger partial charge in [-0.25, -0.2) is 0 Å². The molecule has 1 aliphatic heterocycles. The number of benzene rings is 3. The number of nitrogens with one attached hydrogen (secondary N) is 2. The molecule has 0 aromatic heterocycles. The van der Waals surface area contributed by atoms with Crippen LogP contribution >= 0.6 is 23.8 Å². The highest BCUT2D eigenvalue weighted by Crippen LogP contribution is 2.30. The summed E-state index contributed by atoms with van der Waals surface area (Å²) in [7, 11) is 1.54. The number of carbonyl (C=O) groups excluding carboxylic acids is 2. The van der Waals surface area contributed by atoms with Crippen LogP contribution in [0.1, 0.15) is 26.3 Å². The largest absolute Gasteiger partial charge is 0.497 e. The summed E-state index contributed by atoms with van der Waals surface area (Å²) in [5, 5.41) is 6.38. The number of ether oxygens (including phenoxy) is 1. The first-order valence-corrected chi connectivity index (χ1v) is 12.3. The van der Waals surface area contributed by atoms with Crippen molar-refractivity contribution in [3.63, 3.8) is 0 Å². The van der Waals surface area contributed by atoms with Crippen molar-refractivity contribution in [1.29, 1.82) is 0 Å². The number of amides is 2. The number of hydrogen-bond donors (Lipinski definition) is 2. The Hall–Kier alpha value is -3.62. The molecule has 0 aliphatic carbocycles. The molecule has 1 heterocycles. The van der Waals surface area contributed by atoms with Gasteiger partial charge in [0, 0.05) is 43.0 Å². The van der Waals surface area contributed by atoms with Gasteiger partial charge in [-0.15, -0.1) is 0 Å². The summed E-state index contributed by atoms with van der Waals surface area (Å²) in [6, 6.07) is 20.0. The Morgan fingerprint density at radius 2 is 1.72 bits per heavy atom. The van der Waals surface area contributed by atoms with Crippen LogP contribution in [0.15, 0.2) is 66.7 Å². The highest BCUT2D eigenvalue weighted by molar-refractivity contribution is 7.80. The number of rotatable bonds is 5. The van der Waals surface area contributed by atoms with Gasteiger partial charge in [-0.3, -0.25) is 14.9 Å². The first-order chi connectivity index (χ1) is 17.4. The Bertz CT molecular complexity index is 1290. The fourth-order valence-corrected chi connectivity index (χ4v) is 4.59. The van der Waals surface area contributed by atoms with Gasteiger partial charge in [-0.2, -0.15) is 0 Å². The van der Waals surface area contributed by atoms with Crippen LogP contribution in [0.3, 0.4) is 0 Å². The van der Waals surface area contributed by atoms with E-state index in [0.717, 1.165) is 16.8 Å². The predicted molar refractivity (Wildman–Crippen MR) is 147 cm³/mol. The van der Waals surface area contributed by atoms with Crippen molar-refractivity contribution < 1.29 is 14.3 Å². The van der Waals surface area contributed by atoms with Gasteiger partial charge in [0.15, 0.2) is 5.11 Å². The minimum absolute atomic E-state index is 0.0582. The summed E-state index contributed by atoms with van der Waals surface area (Å²) in [5.74, 6) is 0.305. The molecule has 3 aromatic rings. The smallest absolute Gasteiger partial charge is 0.257 e. The highest BCUT2D eigenvalue weighted by Gasteiger charge is 2.24. The van der Waals surface area contributed by atoms with Gasteiger partial charge < -0.3 is 19.9 Å². The number of methoxy groups -OCH3 is 1. The highest BCUT2D eigenvalue weighted by atomic mass is 35.5. The molecule has 186 valence electrons. The summed E-state index contributed by atoms with van der Waals surface area (Å²) in [6.07, 6.45) is 0. The van der Waals surface area contributed by atoms with E-state index in [9.17, 15) is 9.59 Å². The van der Waals surface area contributed by atoms with E-state index in [1.54, 1.807) is 37.4 Å². The van der Waals surface area contributed by atoms with Crippen LogP contribution in [0, 0.1) is 6.92 Å². The topological polar surface area (TPSA) is 73.9 Å². The van der Waals surface area contributed by atoms with Crippen LogP contribution in [0.5, 0.6) is 5.75 Å². The van der Waals surface area contributed by atoms with E-state index in [1.165, 1.54) is 0 Å². The Kier molecular flexibility index (Phi) is 8.07. The van der Waals surface area contributed by atoms with Crippen molar-refractivity contribution in [3.05, 3.63) is 88.4 Å². The van der Waals surface area contributed by atoms with Gasteiger partial charge >= 0.3 is 0 Å². The van der Waals surface area contributed by atoms with Crippen LogP contribution in [0.2, 0.25) is 5.02 Å². The number of halogens is 1. The van der Waals surface area contributed by atoms with E-state index < -0.39 is 0 Å². The molecule has 0 unspecified atom stereocenters. The second kappa shape index (κ2) is 11.4. The van der Waals surface area contributed by atoms with E-state index in [0.29, 0.717) is 48.2 Å². The maximum atomic E-state index is 12.9. The second-order valence-electron chi connectivity index (χ2n) is 8.40. The molecular weight excluding hydrogens is 496 g/mol. The molecule has 7 nitrogen and oxygen atoms in total. The van der Waals surface area contributed by atoms with Gasteiger partial charge in [0.1, 0.15) is 5.75 Å². The molecular formula is C27H27ClN4O3S. The van der Waals surface area contributed by atoms with Crippen molar-refractivity contribution in [2.45, 2.75) is 6.92 Å². The fraction of sp³-hybridized carbons (Fsp3) is 0.222. The molecule has 4 rings (SSSR count). The quantitative estimate of drug-likeness (QED) is 0.471. The first-order valence-electron chi connectivity index (χ1n) is 11.5. The van der Waals surface area contributed by atoms with E-state index in [4.69, 9.17) is 28.6 Å². The molecule has 1 aliphatic rings. The summed E-state index contributed by atoms with van der Waals surface area (Å²) in [4.78, 5) is 29.4. The van der Waals surface area contributed by atoms with Gasteiger partial charge in [0.05, 0.1) is 17.8 Å². The molecule has 2 N–H and O–H groups in total. The average molecular weight is 523 g/mol. The number of piperazine rings is 1. The van der Waals surface area contributed by atoms with E-state index >= 15 is 0 Å². The van der Waals surface area contributed by atoms with Gasteiger partial charge in [0.2, 0.25) is 0 Å². The van der Waals surface area contributed by atoms with E-state index in [-0.39, 0.29) is 16.9 Å². The molecule has 3 aromatic carbocycles. The third-order valence-corrected chi connectivity index (χ3v) is 6.55. The number of hydrogen-bond acceptors (Lipinski definition) is 5.